The van der Waals surface area contributed by atoms with Crippen LogP contribution in [0.25, 0.3) is 0 Å². The molecule has 6 nitrogen and oxygen atoms in total. The monoisotopic (exact) mass is 280 g/mol. The zero-order valence-electron chi connectivity index (χ0n) is 6.51. The van der Waals surface area contributed by atoms with Gasteiger partial charge in [0, 0.05) is 0 Å². The van der Waals surface area contributed by atoms with Crippen LogP contribution >= 0.6 is 11.3 Å². The van der Waals surface area contributed by atoms with Crippen LogP contribution < -0.4 is 0 Å². The van der Waals surface area contributed by atoms with Gasteiger partial charge in [-0.2, -0.15) is 25.6 Å². The molecule has 0 spiro atoms. The second-order valence-electron chi connectivity index (χ2n) is 2.26. The fourth-order valence-corrected chi connectivity index (χ4v) is 4.03. The van der Waals surface area contributed by atoms with Gasteiger partial charge in [-0.05, 0) is 0 Å². The van der Waals surface area contributed by atoms with Crippen molar-refractivity contribution in [1.29, 1.82) is 0 Å². The molecule has 2 N–H and O–H groups in total. The number of hydrogen-bond donors (Lipinski definition) is 2. The number of rotatable bonds is 2. The van der Waals surface area contributed by atoms with E-state index in [2.05, 4.69) is 0 Å². The number of halogens is 2. The Bertz CT molecular complexity index is 544. The minimum Gasteiger partial charge on any atom is -0.282 e. The SMILES string of the molecule is O=S(=O)(O)c1c(F)sc(F)c1S(=O)(=O)O. The van der Waals surface area contributed by atoms with Crippen molar-refractivity contribution in [3.05, 3.63) is 10.3 Å². The molecule has 0 atom stereocenters. The Balaban J connectivity index is 3.83. The van der Waals surface area contributed by atoms with Crippen LogP contribution in [0.15, 0.2) is 9.79 Å². The Hall–Kier alpha value is -0.620. The molecule has 0 bridgehead atoms. The molecule has 11 heteroatoms. The summed E-state index contributed by atoms with van der Waals surface area (Å²) < 4.78 is 84.4. The highest BCUT2D eigenvalue weighted by molar-refractivity contribution is 7.89. The number of hydrogen-bond acceptors (Lipinski definition) is 5. The first-order valence-electron chi connectivity index (χ1n) is 2.98. The van der Waals surface area contributed by atoms with Crippen LogP contribution in [0, 0.1) is 10.3 Å². The summed E-state index contributed by atoms with van der Waals surface area (Å²) in [7, 11) is -10.5. The van der Waals surface area contributed by atoms with E-state index in [4.69, 9.17) is 9.11 Å². The first-order chi connectivity index (χ1) is 6.55. The maximum Gasteiger partial charge on any atom is 0.299 e. The summed E-state index contributed by atoms with van der Waals surface area (Å²) in [4.78, 5) is -3.57. The van der Waals surface area contributed by atoms with E-state index in [9.17, 15) is 25.6 Å². The van der Waals surface area contributed by atoms with Gasteiger partial charge in [-0.1, -0.05) is 11.3 Å². The summed E-state index contributed by atoms with van der Waals surface area (Å²) >= 11 is -0.462. The molecule has 0 amide bonds. The maximum atomic E-state index is 12.8. The summed E-state index contributed by atoms with van der Waals surface area (Å²) in [6.07, 6.45) is 0. The van der Waals surface area contributed by atoms with Crippen molar-refractivity contribution in [1.82, 2.24) is 0 Å². The molecule has 15 heavy (non-hydrogen) atoms. The Kier molecular flexibility index (Phi) is 2.86. The second-order valence-corrected chi connectivity index (χ2v) is 5.90. The van der Waals surface area contributed by atoms with Crippen LogP contribution in [-0.2, 0) is 20.2 Å². The van der Waals surface area contributed by atoms with E-state index < -0.39 is 51.6 Å². The van der Waals surface area contributed by atoms with E-state index in [0.717, 1.165) is 0 Å². The summed E-state index contributed by atoms with van der Waals surface area (Å²) in [6.45, 7) is 0. The van der Waals surface area contributed by atoms with E-state index in [1.807, 2.05) is 0 Å². The third kappa shape index (κ3) is 2.31. The molecule has 0 aliphatic rings. The standard InChI is InChI=1S/C4H2F2O6S3/c5-3-1(14(7,8)9)2(4(6)13-3)15(10,11)12/h(H,7,8,9)(H,10,11,12). The Labute approximate surface area is 86.7 Å². The number of thiophene rings is 1. The van der Waals surface area contributed by atoms with E-state index in [0.29, 0.717) is 0 Å². The van der Waals surface area contributed by atoms with E-state index >= 15 is 0 Å². The van der Waals surface area contributed by atoms with E-state index in [1.54, 1.807) is 0 Å². The molecule has 0 aliphatic heterocycles. The maximum absolute atomic E-state index is 12.8. The van der Waals surface area contributed by atoms with Crippen LogP contribution in [0.2, 0.25) is 0 Å². The molecule has 0 aromatic carbocycles. The van der Waals surface area contributed by atoms with Crippen LogP contribution in [0.5, 0.6) is 0 Å². The van der Waals surface area contributed by atoms with Crippen LogP contribution in [0.1, 0.15) is 0 Å². The summed E-state index contributed by atoms with van der Waals surface area (Å²) in [6, 6.07) is 0. The first-order valence-corrected chi connectivity index (χ1v) is 6.67. The normalized spacial score (nSPS) is 13.1. The minimum absolute atomic E-state index is 0.462. The average molecular weight is 280 g/mol. The summed E-state index contributed by atoms with van der Waals surface area (Å²) in [5.74, 6) is 0. The van der Waals surface area contributed by atoms with Crippen molar-refractivity contribution in [2.75, 3.05) is 0 Å². The van der Waals surface area contributed by atoms with Crippen LogP contribution in [-0.4, -0.2) is 25.9 Å². The predicted octanol–water partition coefficient (Wildman–Crippen LogP) is 0.520. The zero-order chi connectivity index (χ0) is 12.0. The molecule has 1 rings (SSSR count). The van der Waals surface area contributed by atoms with E-state index in [-0.39, 0.29) is 0 Å². The van der Waals surface area contributed by atoms with Crippen molar-refractivity contribution in [3.63, 3.8) is 0 Å². The molecule has 1 aromatic rings. The Morgan fingerprint density at radius 1 is 0.867 bits per heavy atom. The lowest BCUT2D eigenvalue weighted by Crippen LogP contribution is -2.08. The van der Waals surface area contributed by atoms with Gasteiger partial charge in [-0.25, -0.2) is 0 Å². The largest absolute Gasteiger partial charge is 0.299 e. The fourth-order valence-electron chi connectivity index (χ4n) is 0.787. The third-order valence-corrected chi connectivity index (χ3v) is 4.21. The van der Waals surface area contributed by atoms with Crippen molar-refractivity contribution >= 4 is 31.6 Å². The van der Waals surface area contributed by atoms with Crippen molar-refractivity contribution < 1.29 is 34.7 Å². The van der Waals surface area contributed by atoms with Crippen molar-refractivity contribution in [2.24, 2.45) is 0 Å². The average Bonchev–Trinajstić information content (AvgIpc) is 2.22. The zero-order valence-corrected chi connectivity index (χ0v) is 8.96. The van der Waals surface area contributed by atoms with Gasteiger partial charge >= 0.3 is 0 Å². The second kappa shape index (κ2) is 3.45. The molecule has 0 fully saturated rings. The molecule has 0 saturated carbocycles. The first kappa shape index (κ1) is 12.4. The molecule has 86 valence electrons. The lowest BCUT2D eigenvalue weighted by Gasteiger charge is -1.97. The van der Waals surface area contributed by atoms with Crippen molar-refractivity contribution in [3.8, 4) is 0 Å². The molecule has 0 aliphatic carbocycles. The van der Waals surface area contributed by atoms with Gasteiger partial charge in [0.2, 0.25) is 10.3 Å². The lowest BCUT2D eigenvalue weighted by atomic mass is 10.6. The molecule has 1 heterocycles. The predicted molar refractivity (Wildman–Crippen MR) is 43.9 cm³/mol. The third-order valence-electron chi connectivity index (χ3n) is 1.26. The topological polar surface area (TPSA) is 109 Å². The summed E-state index contributed by atoms with van der Waals surface area (Å²) in [5, 5.41) is -3.52. The van der Waals surface area contributed by atoms with Crippen LogP contribution in [0.4, 0.5) is 8.78 Å². The lowest BCUT2D eigenvalue weighted by molar-refractivity contribution is 0.453. The van der Waals surface area contributed by atoms with Gasteiger partial charge in [0.1, 0.15) is 0 Å². The van der Waals surface area contributed by atoms with Gasteiger partial charge in [0.25, 0.3) is 20.2 Å². The molecule has 1 aromatic heterocycles. The minimum atomic E-state index is -5.27. The molecular weight excluding hydrogens is 278 g/mol. The molecule has 0 unspecified atom stereocenters. The smallest absolute Gasteiger partial charge is 0.282 e. The highest BCUT2D eigenvalue weighted by atomic mass is 32.2. The Morgan fingerprint density at radius 2 is 1.13 bits per heavy atom. The van der Waals surface area contributed by atoms with Gasteiger partial charge in [-0.3, -0.25) is 9.11 Å². The van der Waals surface area contributed by atoms with Crippen molar-refractivity contribution in [2.45, 2.75) is 9.79 Å². The Morgan fingerprint density at radius 3 is 1.33 bits per heavy atom. The highest BCUT2D eigenvalue weighted by Gasteiger charge is 2.34. The van der Waals surface area contributed by atoms with Gasteiger partial charge in [0.05, 0.1) is 0 Å². The fraction of sp³-hybridized carbons (Fsp3) is 0. The molecule has 0 radical (unpaired) electrons. The van der Waals surface area contributed by atoms with Gasteiger partial charge < -0.3 is 0 Å². The quantitative estimate of drug-likeness (QED) is 0.764. The summed E-state index contributed by atoms with van der Waals surface area (Å²) in [5.41, 5.74) is 0. The van der Waals surface area contributed by atoms with E-state index in [1.165, 1.54) is 0 Å². The molecular formula is C4H2F2O6S3. The van der Waals surface area contributed by atoms with Crippen LogP contribution in [0.3, 0.4) is 0 Å². The molecule has 0 saturated heterocycles. The highest BCUT2D eigenvalue weighted by Crippen LogP contribution is 2.32. The van der Waals surface area contributed by atoms with Gasteiger partial charge in [-0.15, -0.1) is 0 Å². The van der Waals surface area contributed by atoms with Gasteiger partial charge in [0.15, 0.2) is 9.79 Å².